The zero-order chi connectivity index (χ0) is 19.3. The van der Waals surface area contributed by atoms with Crippen LogP contribution in [0.5, 0.6) is 0 Å². The first-order valence-electron chi connectivity index (χ1n) is 8.24. The normalized spacial score (nSPS) is 11.5. The van der Waals surface area contributed by atoms with E-state index in [9.17, 15) is 22.8 Å². The van der Waals surface area contributed by atoms with E-state index < -0.39 is 12.0 Å². The van der Waals surface area contributed by atoms with Crippen LogP contribution in [-0.2, 0) is 6.42 Å². The SMILES string of the molecule is CC(C)CNC(=O)c1ccc(Cc2ccc(C(=O)C(F)(F)F)cc2)cc1. The van der Waals surface area contributed by atoms with E-state index in [0.29, 0.717) is 24.4 Å². The van der Waals surface area contributed by atoms with Gasteiger partial charge in [-0.05, 0) is 35.6 Å². The predicted octanol–water partition coefficient (Wildman–Crippen LogP) is 4.41. The van der Waals surface area contributed by atoms with Crippen LogP contribution in [0.3, 0.4) is 0 Å². The lowest BCUT2D eigenvalue weighted by Crippen LogP contribution is -2.27. The highest BCUT2D eigenvalue weighted by Gasteiger charge is 2.39. The number of carbonyl (C=O) groups excluding carboxylic acids is 2. The maximum Gasteiger partial charge on any atom is 0.454 e. The van der Waals surface area contributed by atoms with Crippen molar-refractivity contribution in [1.82, 2.24) is 5.32 Å². The summed E-state index contributed by atoms with van der Waals surface area (Å²) in [6.07, 6.45) is -4.37. The van der Waals surface area contributed by atoms with Gasteiger partial charge in [0.2, 0.25) is 0 Å². The Morgan fingerprint density at radius 3 is 1.77 bits per heavy atom. The second-order valence-corrected chi connectivity index (χ2v) is 6.50. The van der Waals surface area contributed by atoms with Crippen molar-refractivity contribution in [3.05, 3.63) is 70.8 Å². The highest BCUT2D eigenvalue weighted by molar-refractivity contribution is 6.00. The van der Waals surface area contributed by atoms with Crippen LogP contribution in [0.15, 0.2) is 48.5 Å². The second kappa shape index (κ2) is 8.17. The lowest BCUT2D eigenvalue weighted by molar-refractivity contribution is -0.0885. The molecule has 0 atom stereocenters. The summed E-state index contributed by atoms with van der Waals surface area (Å²) in [5.74, 6) is -1.62. The first kappa shape index (κ1) is 19.7. The van der Waals surface area contributed by atoms with E-state index >= 15 is 0 Å². The van der Waals surface area contributed by atoms with Crippen LogP contribution in [0.1, 0.15) is 45.7 Å². The first-order valence-corrected chi connectivity index (χ1v) is 8.24. The monoisotopic (exact) mass is 363 g/mol. The number of rotatable bonds is 6. The smallest absolute Gasteiger partial charge is 0.352 e. The molecule has 26 heavy (non-hydrogen) atoms. The molecule has 0 saturated heterocycles. The van der Waals surface area contributed by atoms with Crippen LogP contribution < -0.4 is 5.32 Å². The minimum atomic E-state index is -4.87. The molecule has 0 fully saturated rings. The molecule has 1 N–H and O–H groups in total. The van der Waals surface area contributed by atoms with Crippen molar-refractivity contribution in [2.24, 2.45) is 5.92 Å². The summed E-state index contributed by atoms with van der Waals surface area (Å²) in [5, 5.41) is 2.83. The van der Waals surface area contributed by atoms with Crippen LogP contribution in [0.2, 0.25) is 0 Å². The van der Waals surface area contributed by atoms with Gasteiger partial charge in [0, 0.05) is 17.7 Å². The van der Waals surface area contributed by atoms with Crippen molar-refractivity contribution in [2.75, 3.05) is 6.54 Å². The second-order valence-electron chi connectivity index (χ2n) is 6.50. The molecule has 138 valence electrons. The van der Waals surface area contributed by atoms with Gasteiger partial charge in [-0.3, -0.25) is 9.59 Å². The molecule has 6 heteroatoms. The van der Waals surface area contributed by atoms with Gasteiger partial charge >= 0.3 is 6.18 Å². The molecule has 0 aliphatic heterocycles. The van der Waals surface area contributed by atoms with Gasteiger partial charge in [-0.25, -0.2) is 0 Å². The summed E-state index contributed by atoms with van der Waals surface area (Å²) in [4.78, 5) is 23.1. The van der Waals surface area contributed by atoms with Crippen molar-refractivity contribution in [3.8, 4) is 0 Å². The van der Waals surface area contributed by atoms with Crippen molar-refractivity contribution < 1.29 is 22.8 Å². The van der Waals surface area contributed by atoms with Crippen LogP contribution in [-0.4, -0.2) is 24.4 Å². The standard InChI is InChI=1S/C20H20F3NO2/c1-13(2)12-24-19(26)17-9-5-15(6-10-17)11-14-3-7-16(8-4-14)18(25)20(21,22)23/h3-10,13H,11-12H2,1-2H3,(H,24,26). The first-order chi connectivity index (χ1) is 12.2. The molecule has 0 saturated carbocycles. The molecule has 2 aromatic carbocycles. The lowest BCUT2D eigenvalue weighted by Gasteiger charge is -2.09. The van der Waals surface area contributed by atoms with Gasteiger partial charge in [-0.2, -0.15) is 13.2 Å². The highest BCUT2D eigenvalue weighted by atomic mass is 19.4. The molecular weight excluding hydrogens is 343 g/mol. The third-order valence-electron chi connectivity index (χ3n) is 3.77. The van der Waals surface area contributed by atoms with Gasteiger partial charge < -0.3 is 5.32 Å². The topological polar surface area (TPSA) is 46.2 Å². The van der Waals surface area contributed by atoms with Crippen LogP contribution in [0, 0.1) is 5.92 Å². The average Bonchev–Trinajstić information content (AvgIpc) is 2.59. The Morgan fingerprint density at radius 1 is 0.885 bits per heavy atom. The number of amides is 1. The van der Waals surface area contributed by atoms with Crippen LogP contribution >= 0.6 is 0 Å². The Kier molecular flexibility index (Phi) is 6.18. The number of hydrogen-bond acceptors (Lipinski definition) is 2. The molecule has 0 aliphatic carbocycles. The molecule has 0 aliphatic rings. The molecule has 0 spiro atoms. The fourth-order valence-corrected chi connectivity index (χ4v) is 2.35. The Bertz CT molecular complexity index is 763. The number of ketones is 1. The minimum absolute atomic E-state index is 0.139. The number of carbonyl (C=O) groups is 2. The van der Waals surface area contributed by atoms with Gasteiger partial charge in [0.25, 0.3) is 11.7 Å². The van der Waals surface area contributed by atoms with Crippen molar-refractivity contribution in [3.63, 3.8) is 0 Å². The Hall–Kier alpha value is -2.63. The number of nitrogens with one attached hydrogen (secondary N) is 1. The molecule has 0 unspecified atom stereocenters. The number of hydrogen-bond donors (Lipinski definition) is 1. The molecule has 3 nitrogen and oxygen atoms in total. The van der Waals surface area contributed by atoms with Crippen LogP contribution in [0.4, 0.5) is 13.2 Å². The van der Waals surface area contributed by atoms with Gasteiger partial charge in [0.1, 0.15) is 0 Å². The molecule has 0 aromatic heterocycles. The summed E-state index contributed by atoms with van der Waals surface area (Å²) >= 11 is 0. The van der Waals surface area contributed by atoms with Crippen LogP contribution in [0.25, 0.3) is 0 Å². The summed E-state index contributed by atoms with van der Waals surface area (Å²) in [6.45, 7) is 4.62. The van der Waals surface area contributed by atoms with Crippen molar-refractivity contribution >= 4 is 11.7 Å². The van der Waals surface area contributed by atoms with E-state index in [0.717, 1.165) is 11.1 Å². The average molecular weight is 363 g/mol. The zero-order valence-electron chi connectivity index (χ0n) is 14.6. The number of halogens is 3. The van der Waals surface area contributed by atoms with E-state index in [1.165, 1.54) is 24.3 Å². The van der Waals surface area contributed by atoms with Gasteiger partial charge in [-0.1, -0.05) is 50.2 Å². The van der Waals surface area contributed by atoms with Crippen molar-refractivity contribution in [2.45, 2.75) is 26.4 Å². The summed E-state index contributed by atoms with van der Waals surface area (Å²) in [7, 11) is 0. The van der Waals surface area contributed by atoms with Gasteiger partial charge in [-0.15, -0.1) is 0 Å². The molecule has 0 bridgehead atoms. The number of benzene rings is 2. The number of alkyl halides is 3. The molecule has 1 amide bonds. The van der Waals surface area contributed by atoms with E-state index in [1.807, 2.05) is 13.8 Å². The lowest BCUT2D eigenvalue weighted by atomic mass is 10.0. The quantitative estimate of drug-likeness (QED) is 0.773. The van der Waals surface area contributed by atoms with Crippen molar-refractivity contribution in [1.29, 1.82) is 0 Å². The van der Waals surface area contributed by atoms with E-state index in [-0.39, 0.29) is 11.5 Å². The summed E-state index contributed by atoms with van der Waals surface area (Å²) in [6, 6.07) is 12.4. The fourth-order valence-electron chi connectivity index (χ4n) is 2.35. The predicted molar refractivity (Wildman–Crippen MR) is 93.2 cm³/mol. The maximum atomic E-state index is 12.4. The van der Waals surface area contributed by atoms with Gasteiger partial charge in [0.15, 0.2) is 0 Å². The Morgan fingerprint density at radius 2 is 1.35 bits per heavy atom. The third-order valence-corrected chi connectivity index (χ3v) is 3.77. The highest BCUT2D eigenvalue weighted by Crippen LogP contribution is 2.22. The molecule has 0 radical (unpaired) electrons. The zero-order valence-corrected chi connectivity index (χ0v) is 14.6. The minimum Gasteiger partial charge on any atom is -0.352 e. The Labute approximate surface area is 150 Å². The summed E-state index contributed by atoms with van der Waals surface area (Å²) in [5.41, 5.74) is 1.87. The molecule has 2 aromatic rings. The number of Topliss-reactive ketones (excluding diaryl/α,β-unsaturated/α-hetero) is 1. The van der Waals surface area contributed by atoms with Gasteiger partial charge in [0.05, 0.1) is 0 Å². The fraction of sp³-hybridized carbons (Fsp3) is 0.300. The molecular formula is C20H20F3NO2. The third kappa shape index (κ3) is 5.44. The molecule has 0 heterocycles. The van der Waals surface area contributed by atoms with E-state index in [1.54, 1.807) is 24.3 Å². The molecule has 2 rings (SSSR count). The van der Waals surface area contributed by atoms with E-state index in [2.05, 4.69) is 5.32 Å². The summed E-state index contributed by atoms with van der Waals surface area (Å²) < 4.78 is 37.2. The van der Waals surface area contributed by atoms with E-state index in [4.69, 9.17) is 0 Å². The largest absolute Gasteiger partial charge is 0.454 e. The Balaban J connectivity index is 2.01. The maximum absolute atomic E-state index is 12.4.